The maximum atomic E-state index is 11.6. The van der Waals surface area contributed by atoms with Crippen LogP contribution in [0.1, 0.15) is 25.7 Å². The van der Waals surface area contributed by atoms with E-state index in [9.17, 15) is 4.79 Å². The fourth-order valence-electron chi connectivity index (χ4n) is 1.98. The number of hydrogen-bond donors (Lipinski definition) is 1. The second-order valence-corrected chi connectivity index (χ2v) is 4.48. The van der Waals surface area contributed by atoms with Gasteiger partial charge in [0.05, 0.1) is 18.8 Å². The topological polar surface area (TPSA) is 47.6 Å². The average molecular weight is 250 g/mol. The predicted molar refractivity (Wildman–Crippen MR) is 62.8 cm³/mol. The summed E-state index contributed by atoms with van der Waals surface area (Å²) in [5.41, 5.74) is -0.191. The Hall–Kier alpha value is -0.320. The zero-order valence-electron chi connectivity index (χ0n) is 9.76. The lowest BCUT2D eigenvalue weighted by molar-refractivity contribution is -0.127. The Morgan fingerprint density at radius 3 is 2.62 bits per heavy atom. The van der Waals surface area contributed by atoms with Crippen molar-refractivity contribution in [3.05, 3.63) is 0 Å². The van der Waals surface area contributed by atoms with Crippen LogP contribution < -0.4 is 5.32 Å². The van der Waals surface area contributed by atoms with E-state index in [1.165, 1.54) is 0 Å². The van der Waals surface area contributed by atoms with Crippen LogP contribution in [0.4, 0.5) is 0 Å². The average Bonchev–Trinajstić information content (AvgIpc) is 2.74. The van der Waals surface area contributed by atoms with Gasteiger partial charge in [-0.05, 0) is 12.8 Å². The van der Waals surface area contributed by atoms with E-state index in [4.69, 9.17) is 21.1 Å². The van der Waals surface area contributed by atoms with Gasteiger partial charge in [0.15, 0.2) is 0 Å². The molecule has 16 heavy (non-hydrogen) atoms. The Morgan fingerprint density at radius 2 is 2.06 bits per heavy atom. The second kappa shape index (κ2) is 7.09. The van der Waals surface area contributed by atoms with Crippen LogP contribution >= 0.6 is 11.6 Å². The van der Waals surface area contributed by atoms with Crippen molar-refractivity contribution in [2.75, 3.05) is 32.8 Å². The highest BCUT2D eigenvalue weighted by atomic mass is 35.5. The van der Waals surface area contributed by atoms with Gasteiger partial charge in [-0.2, -0.15) is 0 Å². The molecule has 5 heteroatoms. The van der Waals surface area contributed by atoms with Crippen LogP contribution in [0.5, 0.6) is 0 Å². The lowest BCUT2D eigenvalue weighted by Gasteiger charge is -2.27. The standard InChI is InChI=1S/C11H20ClNO3/c1-15-6-7-16-8-10(14)13-11(9-12)4-2-3-5-11/h2-9H2,1H3,(H,13,14). The van der Waals surface area contributed by atoms with Gasteiger partial charge >= 0.3 is 0 Å². The molecular weight excluding hydrogens is 230 g/mol. The maximum Gasteiger partial charge on any atom is 0.246 e. The number of ether oxygens (including phenoxy) is 2. The summed E-state index contributed by atoms with van der Waals surface area (Å²) in [6.45, 7) is 1.04. The molecule has 1 saturated carbocycles. The van der Waals surface area contributed by atoms with Gasteiger partial charge in [-0.15, -0.1) is 11.6 Å². The molecule has 0 aromatic heterocycles. The molecule has 1 fully saturated rings. The monoisotopic (exact) mass is 249 g/mol. The molecule has 4 nitrogen and oxygen atoms in total. The molecule has 0 unspecified atom stereocenters. The number of halogens is 1. The Kier molecular flexibility index (Phi) is 6.09. The number of alkyl halides is 1. The van der Waals surface area contributed by atoms with Crippen molar-refractivity contribution in [1.82, 2.24) is 5.32 Å². The van der Waals surface area contributed by atoms with Crippen LogP contribution in [0, 0.1) is 0 Å². The van der Waals surface area contributed by atoms with E-state index in [1.54, 1.807) is 7.11 Å². The smallest absolute Gasteiger partial charge is 0.246 e. The zero-order chi connectivity index (χ0) is 11.9. The zero-order valence-corrected chi connectivity index (χ0v) is 10.5. The minimum Gasteiger partial charge on any atom is -0.382 e. The van der Waals surface area contributed by atoms with Crippen LogP contribution in [0.25, 0.3) is 0 Å². The molecule has 0 atom stereocenters. The largest absolute Gasteiger partial charge is 0.382 e. The summed E-state index contributed by atoms with van der Waals surface area (Å²) in [6.07, 6.45) is 4.22. The van der Waals surface area contributed by atoms with Gasteiger partial charge in [-0.1, -0.05) is 12.8 Å². The van der Waals surface area contributed by atoms with Gasteiger partial charge in [-0.3, -0.25) is 4.79 Å². The van der Waals surface area contributed by atoms with E-state index in [-0.39, 0.29) is 18.1 Å². The second-order valence-electron chi connectivity index (χ2n) is 4.21. The first-order valence-corrected chi connectivity index (χ1v) is 6.19. The summed E-state index contributed by atoms with van der Waals surface area (Å²) < 4.78 is 9.98. The molecule has 0 aliphatic heterocycles. The molecule has 0 bridgehead atoms. The number of methoxy groups -OCH3 is 1. The fourth-order valence-corrected chi connectivity index (χ4v) is 2.32. The molecule has 1 rings (SSSR count). The molecule has 0 radical (unpaired) electrons. The van der Waals surface area contributed by atoms with Gasteiger partial charge in [0.2, 0.25) is 5.91 Å². The van der Waals surface area contributed by atoms with Crippen molar-refractivity contribution >= 4 is 17.5 Å². The number of amides is 1. The molecule has 0 saturated heterocycles. The summed E-state index contributed by atoms with van der Waals surface area (Å²) in [6, 6.07) is 0. The van der Waals surface area contributed by atoms with Gasteiger partial charge in [-0.25, -0.2) is 0 Å². The van der Waals surface area contributed by atoms with E-state index in [0.717, 1.165) is 25.7 Å². The normalized spacial score (nSPS) is 18.6. The van der Waals surface area contributed by atoms with Crippen molar-refractivity contribution in [3.8, 4) is 0 Å². The molecule has 0 heterocycles. The number of carbonyl (C=O) groups excluding carboxylic acids is 1. The molecule has 0 spiro atoms. The number of nitrogens with one attached hydrogen (secondary N) is 1. The highest BCUT2D eigenvalue weighted by Crippen LogP contribution is 2.30. The molecular formula is C11H20ClNO3. The number of rotatable bonds is 7. The van der Waals surface area contributed by atoms with E-state index >= 15 is 0 Å². The van der Waals surface area contributed by atoms with Crippen LogP contribution in [-0.2, 0) is 14.3 Å². The highest BCUT2D eigenvalue weighted by Gasteiger charge is 2.34. The Bertz CT molecular complexity index is 217. The van der Waals surface area contributed by atoms with E-state index in [0.29, 0.717) is 19.1 Å². The molecule has 1 aliphatic rings. The Labute approximate surface area is 102 Å². The first-order valence-electron chi connectivity index (χ1n) is 5.66. The third-order valence-corrected chi connectivity index (χ3v) is 3.40. The van der Waals surface area contributed by atoms with E-state index < -0.39 is 0 Å². The first kappa shape index (κ1) is 13.7. The lowest BCUT2D eigenvalue weighted by Crippen LogP contribution is -2.49. The van der Waals surface area contributed by atoms with E-state index in [2.05, 4.69) is 5.32 Å². The molecule has 1 amide bonds. The minimum absolute atomic E-state index is 0.0846. The summed E-state index contributed by atoms with van der Waals surface area (Å²) in [5, 5.41) is 2.98. The maximum absolute atomic E-state index is 11.6. The van der Waals surface area contributed by atoms with Crippen molar-refractivity contribution in [1.29, 1.82) is 0 Å². The van der Waals surface area contributed by atoms with Gasteiger partial charge < -0.3 is 14.8 Å². The highest BCUT2D eigenvalue weighted by molar-refractivity contribution is 6.18. The Balaban J connectivity index is 2.21. The van der Waals surface area contributed by atoms with Gasteiger partial charge in [0, 0.05) is 13.0 Å². The van der Waals surface area contributed by atoms with Crippen LogP contribution in [0.3, 0.4) is 0 Å². The molecule has 1 N–H and O–H groups in total. The lowest BCUT2D eigenvalue weighted by atomic mass is 10.0. The molecule has 0 aromatic rings. The molecule has 1 aliphatic carbocycles. The Morgan fingerprint density at radius 1 is 1.38 bits per heavy atom. The summed E-state index contributed by atoms with van der Waals surface area (Å²) in [7, 11) is 1.60. The minimum atomic E-state index is -0.191. The van der Waals surface area contributed by atoms with Crippen molar-refractivity contribution < 1.29 is 14.3 Å². The fraction of sp³-hybridized carbons (Fsp3) is 0.909. The van der Waals surface area contributed by atoms with Crippen molar-refractivity contribution in [2.24, 2.45) is 0 Å². The van der Waals surface area contributed by atoms with Gasteiger partial charge in [0.1, 0.15) is 6.61 Å². The van der Waals surface area contributed by atoms with E-state index in [1.807, 2.05) is 0 Å². The first-order chi connectivity index (χ1) is 7.72. The summed E-state index contributed by atoms with van der Waals surface area (Å²) in [4.78, 5) is 11.6. The van der Waals surface area contributed by atoms with Crippen LogP contribution in [0.2, 0.25) is 0 Å². The number of hydrogen-bond acceptors (Lipinski definition) is 3. The van der Waals surface area contributed by atoms with Crippen LogP contribution in [-0.4, -0.2) is 44.3 Å². The quantitative estimate of drug-likeness (QED) is 0.547. The van der Waals surface area contributed by atoms with Gasteiger partial charge in [0.25, 0.3) is 0 Å². The summed E-state index contributed by atoms with van der Waals surface area (Å²) >= 11 is 5.92. The third kappa shape index (κ3) is 4.28. The SMILES string of the molecule is COCCOCC(=O)NC1(CCl)CCCC1. The molecule has 94 valence electrons. The molecule has 0 aromatic carbocycles. The third-order valence-electron chi connectivity index (χ3n) is 2.89. The summed E-state index contributed by atoms with van der Waals surface area (Å²) in [5.74, 6) is 0.398. The van der Waals surface area contributed by atoms with Crippen molar-refractivity contribution in [2.45, 2.75) is 31.2 Å². The van der Waals surface area contributed by atoms with Crippen molar-refractivity contribution in [3.63, 3.8) is 0 Å². The predicted octanol–water partition coefficient (Wildman–Crippen LogP) is 1.32. The van der Waals surface area contributed by atoms with Crippen LogP contribution in [0.15, 0.2) is 0 Å². The number of carbonyl (C=O) groups is 1.